The molecule has 0 fully saturated rings. The monoisotopic (exact) mass is 410 g/mol. The van der Waals surface area contributed by atoms with Gasteiger partial charge in [-0.25, -0.2) is 5.43 Å². The van der Waals surface area contributed by atoms with Gasteiger partial charge in [0.15, 0.2) is 0 Å². The highest BCUT2D eigenvalue weighted by molar-refractivity contribution is 6.02. The highest BCUT2D eigenvalue weighted by Crippen LogP contribution is 2.36. The number of hydrogen-bond donors (Lipinski definition) is 2. The Morgan fingerprint density at radius 3 is 2.74 bits per heavy atom. The smallest absolute Gasteiger partial charge is 0.289 e. The SMILES string of the molecule is CCOc1ccc(C=NNC(=O)c2cc(-c3ccc4c5c(cccc35)CC4)n[nH]2)cc1. The molecule has 6 nitrogen and oxygen atoms in total. The van der Waals surface area contributed by atoms with E-state index in [4.69, 9.17) is 4.74 Å². The fourth-order valence-corrected chi connectivity index (χ4v) is 4.09. The van der Waals surface area contributed by atoms with Gasteiger partial charge in [0.1, 0.15) is 11.4 Å². The molecule has 6 heteroatoms. The molecule has 2 N–H and O–H groups in total. The molecule has 0 bridgehead atoms. The van der Waals surface area contributed by atoms with Crippen LogP contribution in [0.25, 0.3) is 22.0 Å². The Morgan fingerprint density at radius 2 is 1.94 bits per heavy atom. The summed E-state index contributed by atoms with van der Waals surface area (Å²) < 4.78 is 5.42. The van der Waals surface area contributed by atoms with E-state index in [1.807, 2.05) is 31.2 Å². The van der Waals surface area contributed by atoms with Gasteiger partial charge in [-0.05, 0) is 77.6 Å². The average Bonchev–Trinajstić information content (AvgIpc) is 3.45. The number of aryl methyl sites for hydroxylation is 2. The summed E-state index contributed by atoms with van der Waals surface area (Å²) in [4.78, 5) is 12.5. The molecule has 5 rings (SSSR count). The van der Waals surface area contributed by atoms with E-state index in [1.165, 1.54) is 21.9 Å². The lowest BCUT2D eigenvalue weighted by Gasteiger charge is -2.06. The summed E-state index contributed by atoms with van der Waals surface area (Å²) in [5.41, 5.74) is 8.30. The standard InChI is InChI=1S/C25H22N4O2/c1-2-31-19-11-6-16(7-12-19)15-26-29-25(30)23-14-22(27-28-23)20-13-10-18-9-8-17-4-3-5-21(20)24(17)18/h3-7,10-15H,2,8-9H2,1H3,(H,27,28)(H,29,30). The van der Waals surface area contributed by atoms with Crippen molar-refractivity contribution in [2.45, 2.75) is 19.8 Å². The van der Waals surface area contributed by atoms with Crippen molar-refractivity contribution in [1.82, 2.24) is 15.6 Å². The van der Waals surface area contributed by atoms with Crippen molar-refractivity contribution in [3.8, 4) is 17.0 Å². The Morgan fingerprint density at radius 1 is 1.13 bits per heavy atom. The molecule has 0 saturated carbocycles. The lowest BCUT2D eigenvalue weighted by atomic mass is 9.98. The summed E-state index contributed by atoms with van der Waals surface area (Å²) in [5.74, 6) is 0.462. The largest absolute Gasteiger partial charge is 0.494 e. The summed E-state index contributed by atoms with van der Waals surface area (Å²) in [6.07, 6.45) is 3.75. The zero-order valence-electron chi connectivity index (χ0n) is 17.2. The topological polar surface area (TPSA) is 79.4 Å². The van der Waals surface area contributed by atoms with E-state index in [0.717, 1.165) is 35.4 Å². The lowest BCUT2D eigenvalue weighted by molar-refractivity contribution is 0.0950. The van der Waals surface area contributed by atoms with E-state index in [1.54, 1.807) is 12.3 Å². The zero-order chi connectivity index (χ0) is 21.2. The molecule has 0 aliphatic heterocycles. The Kier molecular flexibility index (Phi) is 4.96. The summed E-state index contributed by atoms with van der Waals surface area (Å²) in [6.45, 7) is 2.56. The number of nitrogens with one attached hydrogen (secondary N) is 2. The highest BCUT2D eigenvalue weighted by Gasteiger charge is 2.18. The molecule has 0 spiro atoms. The normalized spacial score (nSPS) is 12.5. The third-order valence-electron chi connectivity index (χ3n) is 5.55. The first-order valence-corrected chi connectivity index (χ1v) is 10.4. The molecular weight excluding hydrogens is 388 g/mol. The molecule has 1 aliphatic carbocycles. The van der Waals surface area contributed by atoms with Crippen LogP contribution in [0.5, 0.6) is 5.75 Å². The minimum Gasteiger partial charge on any atom is -0.494 e. The van der Waals surface area contributed by atoms with Gasteiger partial charge in [0, 0.05) is 5.56 Å². The fraction of sp³-hybridized carbons (Fsp3) is 0.160. The number of rotatable bonds is 6. The molecule has 1 amide bonds. The molecular formula is C25H22N4O2. The molecule has 3 aromatic carbocycles. The minimum atomic E-state index is -0.341. The number of carbonyl (C=O) groups is 1. The second kappa shape index (κ2) is 8.07. The number of benzene rings is 3. The number of amides is 1. The van der Waals surface area contributed by atoms with Crippen molar-refractivity contribution in [2.75, 3.05) is 6.61 Å². The fourth-order valence-electron chi connectivity index (χ4n) is 4.09. The van der Waals surface area contributed by atoms with E-state index in [9.17, 15) is 4.79 Å². The average molecular weight is 410 g/mol. The number of carbonyl (C=O) groups excluding carboxylic acids is 1. The van der Waals surface area contributed by atoms with Crippen LogP contribution in [0.15, 0.2) is 65.8 Å². The van der Waals surface area contributed by atoms with E-state index in [-0.39, 0.29) is 5.91 Å². The number of nitrogens with zero attached hydrogens (tertiary/aromatic N) is 2. The number of aromatic nitrogens is 2. The molecule has 0 atom stereocenters. The first kappa shape index (κ1) is 19.1. The molecule has 1 aromatic heterocycles. The van der Waals surface area contributed by atoms with Crippen molar-refractivity contribution in [3.05, 3.63) is 83.0 Å². The van der Waals surface area contributed by atoms with Gasteiger partial charge in [-0.2, -0.15) is 10.2 Å². The maximum Gasteiger partial charge on any atom is 0.289 e. The summed E-state index contributed by atoms with van der Waals surface area (Å²) in [7, 11) is 0. The minimum absolute atomic E-state index is 0.341. The highest BCUT2D eigenvalue weighted by atomic mass is 16.5. The van der Waals surface area contributed by atoms with Crippen molar-refractivity contribution in [2.24, 2.45) is 5.10 Å². The molecule has 154 valence electrons. The van der Waals surface area contributed by atoms with Gasteiger partial charge in [-0.3, -0.25) is 9.89 Å². The Balaban J connectivity index is 1.32. The Bertz CT molecular complexity index is 1280. The predicted octanol–water partition coefficient (Wildman–Crippen LogP) is 4.49. The number of H-pyrrole nitrogens is 1. The predicted molar refractivity (Wildman–Crippen MR) is 122 cm³/mol. The summed E-state index contributed by atoms with van der Waals surface area (Å²) >= 11 is 0. The van der Waals surface area contributed by atoms with Gasteiger partial charge in [-0.1, -0.05) is 30.3 Å². The molecule has 0 unspecified atom stereocenters. The maximum absolute atomic E-state index is 12.5. The first-order valence-electron chi connectivity index (χ1n) is 10.4. The third-order valence-corrected chi connectivity index (χ3v) is 5.55. The van der Waals surface area contributed by atoms with Crippen molar-refractivity contribution in [3.63, 3.8) is 0 Å². The second-order valence-electron chi connectivity index (χ2n) is 7.48. The van der Waals surface area contributed by atoms with Gasteiger partial charge in [-0.15, -0.1) is 0 Å². The van der Waals surface area contributed by atoms with Crippen LogP contribution in [-0.2, 0) is 12.8 Å². The molecule has 0 saturated heterocycles. The van der Waals surface area contributed by atoms with Gasteiger partial charge >= 0.3 is 0 Å². The van der Waals surface area contributed by atoms with Crippen LogP contribution >= 0.6 is 0 Å². The molecule has 31 heavy (non-hydrogen) atoms. The maximum atomic E-state index is 12.5. The molecule has 4 aromatic rings. The van der Waals surface area contributed by atoms with Crippen LogP contribution in [0.1, 0.15) is 34.1 Å². The summed E-state index contributed by atoms with van der Waals surface area (Å²) in [5, 5.41) is 13.8. The molecule has 0 radical (unpaired) electrons. The number of hydrogen-bond acceptors (Lipinski definition) is 4. The van der Waals surface area contributed by atoms with Gasteiger partial charge in [0.2, 0.25) is 0 Å². The van der Waals surface area contributed by atoms with E-state index >= 15 is 0 Å². The first-order chi connectivity index (χ1) is 15.2. The van der Waals surface area contributed by atoms with Crippen molar-refractivity contribution in [1.29, 1.82) is 0 Å². The third kappa shape index (κ3) is 3.68. The second-order valence-corrected chi connectivity index (χ2v) is 7.48. The van der Waals surface area contributed by atoms with E-state index < -0.39 is 0 Å². The van der Waals surface area contributed by atoms with Crippen LogP contribution in [0, 0.1) is 0 Å². The zero-order valence-corrected chi connectivity index (χ0v) is 17.2. The van der Waals surface area contributed by atoms with Crippen LogP contribution in [-0.4, -0.2) is 28.9 Å². The van der Waals surface area contributed by atoms with Gasteiger partial charge in [0.25, 0.3) is 5.91 Å². The Hall–Kier alpha value is -3.93. The van der Waals surface area contributed by atoms with Crippen LogP contribution in [0.3, 0.4) is 0 Å². The van der Waals surface area contributed by atoms with Gasteiger partial charge < -0.3 is 4.74 Å². The van der Waals surface area contributed by atoms with Crippen molar-refractivity contribution >= 4 is 22.9 Å². The van der Waals surface area contributed by atoms with E-state index in [2.05, 4.69) is 51.1 Å². The van der Waals surface area contributed by atoms with Crippen LogP contribution in [0.2, 0.25) is 0 Å². The molecule has 1 aliphatic rings. The number of hydrazone groups is 1. The van der Waals surface area contributed by atoms with Gasteiger partial charge in [0.05, 0.1) is 18.5 Å². The number of ether oxygens (including phenoxy) is 1. The van der Waals surface area contributed by atoms with Crippen LogP contribution < -0.4 is 10.2 Å². The van der Waals surface area contributed by atoms with Crippen LogP contribution in [0.4, 0.5) is 0 Å². The Labute approximate surface area is 179 Å². The lowest BCUT2D eigenvalue weighted by Crippen LogP contribution is -2.17. The van der Waals surface area contributed by atoms with Crippen molar-refractivity contribution < 1.29 is 9.53 Å². The summed E-state index contributed by atoms with van der Waals surface area (Å²) in [6, 6.07) is 19.9. The van der Waals surface area contributed by atoms with E-state index in [0.29, 0.717) is 12.3 Å². The molecule has 1 heterocycles. The quantitative estimate of drug-likeness (QED) is 0.363. The number of aromatic amines is 1.